The van der Waals surface area contributed by atoms with E-state index in [1.807, 2.05) is 19.9 Å². The summed E-state index contributed by atoms with van der Waals surface area (Å²) in [4.78, 5) is 4.87. The number of thiazole rings is 1. The second kappa shape index (κ2) is 12.2. The Labute approximate surface area is 303 Å². The van der Waals surface area contributed by atoms with Crippen LogP contribution in [0.1, 0.15) is 38.8 Å². The number of para-hydroxylation sites is 2. The minimum absolute atomic E-state index is 0.00500. The molecule has 9 aromatic rings. The van der Waals surface area contributed by atoms with E-state index in [0.717, 1.165) is 21.8 Å². The summed E-state index contributed by atoms with van der Waals surface area (Å²) in [6.07, 6.45) is 0. The predicted molar refractivity (Wildman–Crippen MR) is 219 cm³/mol. The van der Waals surface area contributed by atoms with E-state index >= 15 is 0 Å². The van der Waals surface area contributed by atoms with Gasteiger partial charge in [-0.3, -0.25) is 0 Å². The highest BCUT2D eigenvalue weighted by molar-refractivity contribution is 7.21. The van der Waals surface area contributed by atoms with Crippen LogP contribution in [0.5, 0.6) is 0 Å². The molecule has 0 unspecified atom stereocenters. The molecule has 1 aliphatic rings. The molecular weight excluding hydrogens is 637 g/mol. The molecule has 3 heteroatoms. The van der Waals surface area contributed by atoms with E-state index in [1.54, 1.807) is 11.3 Å². The Kier molecular flexibility index (Phi) is 7.49. The van der Waals surface area contributed by atoms with Crippen LogP contribution >= 0.6 is 11.3 Å². The number of fused-ring (bicyclic) bond motifs is 7. The van der Waals surface area contributed by atoms with Gasteiger partial charge in [-0.2, -0.15) is 0 Å². The third-order valence-electron chi connectivity index (χ3n) is 10.5. The molecule has 51 heavy (non-hydrogen) atoms. The summed E-state index contributed by atoms with van der Waals surface area (Å²) >= 11 is 1.74. The highest BCUT2D eigenvalue weighted by Crippen LogP contribution is 2.49. The zero-order valence-corrected chi connectivity index (χ0v) is 30.1. The standard InChI is InChI=1S/C46H32N2S.C2H6/c1-46(2)39-13-7-6-12-35(39)37-26-31(21-24-40(37)46)32-22-25-42-38(27-32)36-23-20-33(28-43(36)48(42)34-10-4-3-5-11-34)29-16-18-30(19-17-29)45-47-41-14-8-9-15-44(41)49-45;1-2/h3-28H,1-2H3;1-2H3. The van der Waals surface area contributed by atoms with Crippen molar-refractivity contribution in [3.63, 3.8) is 0 Å². The van der Waals surface area contributed by atoms with Gasteiger partial charge in [0.15, 0.2) is 0 Å². The first-order valence-corrected chi connectivity index (χ1v) is 18.7. The summed E-state index contributed by atoms with van der Waals surface area (Å²) in [5.41, 5.74) is 16.2. The van der Waals surface area contributed by atoms with Crippen LogP contribution in [0.4, 0.5) is 0 Å². The Bertz CT molecular complexity index is 2700. The fourth-order valence-electron chi connectivity index (χ4n) is 7.94. The summed E-state index contributed by atoms with van der Waals surface area (Å²) in [5, 5.41) is 3.57. The van der Waals surface area contributed by atoms with Crippen LogP contribution < -0.4 is 0 Å². The Balaban J connectivity index is 0.00000171. The zero-order valence-electron chi connectivity index (χ0n) is 29.3. The van der Waals surface area contributed by atoms with Gasteiger partial charge in [0.25, 0.3) is 0 Å². The summed E-state index contributed by atoms with van der Waals surface area (Å²) in [6, 6.07) is 57.7. The number of nitrogens with zero attached hydrogens (tertiary/aromatic N) is 2. The maximum absolute atomic E-state index is 4.87. The fraction of sp³-hybridized carbons (Fsp3) is 0.104. The van der Waals surface area contributed by atoms with Gasteiger partial charge in [0.2, 0.25) is 0 Å². The van der Waals surface area contributed by atoms with Crippen LogP contribution in [0, 0.1) is 0 Å². The maximum atomic E-state index is 4.87. The lowest BCUT2D eigenvalue weighted by molar-refractivity contribution is 0.660. The van der Waals surface area contributed by atoms with Gasteiger partial charge in [0.1, 0.15) is 5.01 Å². The molecule has 2 aromatic heterocycles. The first-order valence-electron chi connectivity index (χ1n) is 17.9. The van der Waals surface area contributed by atoms with Crippen LogP contribution in [-0.4, -0.2) is 9.55 Å². The second-order valence-electron chi connectivity index (χ2n) is 13.6. The quantitative estimate of drug-likeness (QED) is 0.182. The second-order valence-corrected chi connectivity index (χ2v) is 14.7. The van der Waals surface area contributed by atoms with E-state index in [9.17, 15) is 0 Å². The third kappa shape index (κ3) is 5.03. The SMILES string of the molecule is CC.CC1(C)c2ccccc2-c2cc(-c3ccc4c(c3)c3ccc(-c5ccc(-c6nc7ccccc7s6)cc5)cc3n4-c3ccccc3)ccc21. The number of benzene rings is 7. The molecule has 0 atom stereocenters. The van der Waals surface area contributed by atoms with E-state index in [-0.39, 0.29) is 5.41 Å². The van der Waals surface area contributed by atoms with Crippen molar-refractivity contribution < 1.29 is 0 Å². The van der Waals surface area contributed by atoms with Crippen LogP contribution in [0.3, 0.4) is 0 Å². The van der Waals surface area contributed by atoms with Crippen molar-refractivity contribution in [2.45, 2.75) is 33.1 Å². The van der Waals surface area contributed by atoms with E-state index in [2.05, 4.69) is 170 Å². The first kappa shape index (κ1) is 31.2. The van der Waals surface area contributed by atoms with Crippen molar-refractivity contribution in [2.75, 3.05) is 0 Å². The Morgan fingerprint density at radius 3 is 1.94 bits per heavy atom. The molecule has 1 aliphatic carbocycles. The topological polar surface area (TPSA) is 17.8 Å². The van der Waals surface area contributed by atoms with E-state index in [0.29, 0.717) is 0 Å². The smallest absolute Gasteiger partial charge is 0.124 e. The van der Waals surface area contributed by atoms with Gasteiger partial charge >= 0.3 is 0 Å². The van der Waals surface area contributed by atoms with Crippen molar-refractivity contribution in [1.29, 1.82) is 0 Å². The van der Waals surface area contributed by atoms with Crippen molar-refractivity contribution in [2.24, 2.45) is 0 Å². The molecule has 0 fully saturated rings. The molecule has 0 spiro atoms. The molecule has 0 N–H and O–H groups in total. The maximum Gasteiger partial charge on any atom is 0.124 e. The van der Waals surface area contributed by atoms with Gasteiger partial charge in [-0.25, -0.2) is 4.98 Å². The highest BCUT2D eigenvalue weighted by Gasteiger charge is 2.35. The van der Waals surface area contributed by atoms with Gasteiger partial charge in [-0.15, -0.1) is 11.3 Å². The molecule has 2 nitrogen and oxygen atoms in total. The summed E-state index contributed by atoms with van der Waals surface area (Å²) in [6.45, 7) is 8.68. The van der Waals surface area contributed by atoms with Crippen LogP contribution in [0.15, 0.2) is 158 Å². The van der Waals surface area contributed by atoms with Crippen molar-refractivity contribution in [3.05, 3.63) is 169 Å². The highest BCUT2D eigenvalue weighted by atomic mass is 32.1. The molecule has 0 radical (unpaired) electrons. The molecule has 2 heterocycles. The number of aromatic nitrogens is 2. The molecule has 0 aliphatic heterocycles. The summed E-state index contributed by atoms with van der Waals surface area (Å²) < 4.78 is 3.63. The van der Waals surface area contributed by atoms with Crippen molar-refractivity contribution in [3.8, 4) is 49.6 Å². The minimum Gasteiger partial charge on any atom is -0.309 e. The van der Waals surface area contributed by atoms with Crippen molar-refractivity contribution in [1.82, 2.24) is 9.55 Å². The summed E-state index contributed by atoms with van der Waals surface area (Å²) in [7, 11) is 0. The molecule has 0 saturated heterocycles. The number of hydrogen-bond donors (Lipinski definition) is 0. The molecule has 10 rings (SSSR count). The predicted octanol–water partition coefficient (Wildman–Crippen LogP) is 13.7. The van der Waals surface area contributed by atoms with Gasteiger partial charge in [0.05, 0.1) is 21.3 Å². The fourth-order valence-corrected chi connectivity index (χ4v) is 8.91. The van der Waals surface area contributed by atoms with E-state index in [4.69, 9.17) is 4.98 Å². The normalized spacial score (nSPS) is 12.9. The van der Waals surface area contributed by atoms with Gasteiger partial charge in [-0.05, 0) is 93.0 Å². The molecule has 0 amide bonds. The molecule has 0 bridgehead atoms. The Morgan fingerprint density at radius 1 is 0.490 bits per heavy atom. The van der Waals surface area contributed by atoms with E-state index in [1.165, 1.54) is 71.0 Å². The number of rotatable bonds is 4. The monoisotopic (exact) mass is 674 g/mol. The lowest BCUT2D eigenvalue weighted by Crippen LogP contribution is -2.14. The van der Waals surface area contributed by atoms with Gasteiger partial charge < -0.3 is 4.57 Å². The molecule has 0 saturated carbocycles. The average Bonchev–Trinajstić information content (AvgIpc) is 3.84. The summed E-state index contributed by atoms with van der Waals surface area (Å²) in [5.74, 6) is 0. The third-order valence-corrected chi connectivity index (χ3v) is 11.5. The Hall–Kier alpha value is -5.77. The zero-order chi connectivity index (χ0) is 34.7. The largest absolute Gasteiger partial charge is 0.309 e. The lowest BCUT2D eigenvalue weighted by Gasteiger charge is -2.21. The van der Waals surface area contributed by atoms with Crippen LogP contribution in [-0.2, 0) is 5.41 Å². The minimum atomic E-state index is 0.00500. The van der Waals surface area contributed by atoms with Gasteiger partial charge in [0, 0.05) is 27.4 Å². The molecular formula is C48H38N2S. The van der Waals surface area contributed by atoms with Gasteiger partial charge in [-0.1, -0.05) is 137 Å². The molecule has 246 valence electrons. The van der Waals surface area contributed by atoms with Crippen molar-refractivity contribution >= 4 is 43.4 Å². The van der Waals surface area contributed by atoms with E-state index < -0.39 is 0 Å². The lowest BCUT2D eigenvalue weighted by atomic mass is 9.82. The number of hydrogen-bond acceptors (Lipinski definition) is 2. The van der Waals surface area contributed by atoms with Crippen LogP contribution in [0.25, 0.3) is 81.7 Å². The first-order chi connectivity index (χ1) is 25.0. The Morgan fingerprint density at radius 2 is 1.12 bits per heavy atom. The average molecular weight is 675 g/mol. The molecule has 7 aromatic carbocycles. The van der Waals surface area contributed by atoms with Crippen LogP contribution in [0.2, 0.25) is 0 Å².